The van der Waals surface area contributed by atoms with Gasteiger partial charge in [0.25, 0.3) is 0 Å². The Kier molecular flexibility index (Phi) is 3.03. The summed E-state index contributed by atoms with van der Waals surface area (Å²) in [6.45, 7) is 9.91. The van der Waals surface area contributed by atoms with Crippen molar-refractivity contribution in [3.8, 4) is 0 Å². The monoisotopic (exact) mass is 332 g/mol. The Balaban J connectivity index is 1.99. The lowest BCUT2D eigenvalue weighted by molar-refractivity contribution is -0.189. The predicted molar refractivity (Wildman–Crippen MR) is 89.9 cm³/mol. The molecule has 1 spiro atoms. The zero-order valence-electron chi connectivity index (χ0n) is 15.1. The second-order valence-corrected chi connectivity index (χ2v) is 9.28. The number of rotatable bonds is 0. The van der Waals surface area contributed by atoms with E-state index >= 15 is 0 Å². The van der Waals surface area contributed by atoms with Gasteiger partial charge in [-0.25, -0.2) is 0 Å². The first kappa shape index (κ1) is 16.5. The van der Waals surface area contributed by atoms with Gasteiger partial charge in [0.2, 0.25) is 0 Å². The number of aliphatic hydroxyl groups is 3. The highest BCUT2D eigenvalue weighted by molar-refractivity contribution is 5.95. The van der Waals surface area contributed by atoms with Crippen molar-refractivity contribution in [2.24, 2.45) is 34.5 Å². The minimum absolute atomic E-state index is 0.0256. The van der Waals surface area contributed by atoms with Gasteiger partial charge in [-0.1, -0.05) is 32.9 Å². The van der Waals surface area contributed by atoms with Crippen LogP contribution >= 0.6 is 0 Å². The molecule has 2 fully saturated rings. The van der Waals surface area contributed by atoms with E-state index in [1.165, 1.54) is 0 Å². The molecule has 24 heavy (non-hydrogen) atoms. The minimum Gasteiger partial charge on any atom is -0.386 e. The Labute approximate surface area is 143 Å². The minimum atomic E-state index is -1.87. The number of hydrogen-bond acceptors (Lipinski definition) is 4. The van der Waals surface area contributed by atoms with Gasteiger partial charge in [0.05, 0.1) is 5.41 Å². The van der Waals surface area contributed by atoms with E-state index in [2.05, 4.69) is 13.8 Å². The van der Waals surface area contributed by atoms with Crippen molar-refractivity contribution in [3.63, 3.8) is 0 Å². The van der Waals surface area contributed by atoms with E-state index in [1.54, 1.807) is 19.9 Å². The van der Waals surface area contributed by atoms with Crippen LogP contribution in [0.15, 0.2) is 23.3 Å². The van der Waals surface area contributed by atoms with Crippen LogP contribution in [0, 0.1) is 34.5 Å². The normalized spacial score (nSPS) is 54.9. The molecule has 0 aromatic heterocycles. The number of carbonyl (C=O) groups is 1. The quantitative estimate of drug-likeness (QED) is 0.592. The van der Waals surface area contributed by atoms with Crippen LogP contribution in [0.5, 0.6) is 0 Å². The van der Waals surface area contributed by atoms with Gasteiger partial charge in [0.1, 0.15) is 17.8 Å². The highest BCUT2D eigenvalue weighted by Gasteiger charge is 2.75. The SMILES string of the molecule is CC1=C[C@@H]2C(=O)[C@]3(C=C(C)C(O)[C@@]3(O)C1O)[C@H](C)C[C@@H]1C2C1(C)C. The van der Waals surface area contributed by atoms with E-state index in [-0.39, 0.29) is 29.0 Å². The van der Waals surface area contributed by atoms with Gasteiger partial charge in [-0.05, 0) is 54.6 Å². The second-order valence-electron chi connectivity index (χ2n) is 9.28. The van der Waals surface area contributed by atoms with Gasteiger partial charge in [-0.2, -0.15) is 0 Å². The van der Waals surface area contributed by atoms with Crippen molar-refractivity contribution < 1.29 is 20.1 Å². The molecule has 132 valence electrons. The van der Waals surface area contributed by atoms with Crippen LogP contribution in [-0.2, 0) is 4.79 Å². The molecule has 0 aromatic rings. The molecule has 0 saturated heterocycles. The van der Waals surface area contributed by atoms with Crippen molar-refractivity contribution in [1.29, 1.82) is 0 Å². The van der Waals surface area contributed by atoms with Crippen LogP contribution in [-0.4, -0.2) is 38.9 Å². The van der Waals surface area contributed by atoms with Crippen molar-refractivity contribution >= 4 is 5.78 Å². The number of hydrogen-bond donors (Lipinski definition) is 3. The Morgan fingerprint density at radius 2 is 1.71 bits per heavy atom. The maximum absolute atomic E-state index is 13.7. The molecule has 0 aromatic carbocycles. The summed E-state index contributed by atoms with van der Waals surface area (Å²) in [7, 11) is 0. The summed E-state index contributed by atoms with van der Waals surface area (Å²) in [5.41, 5.74) is -1.80. The van der Waals surface area contributed by atoms with Crippen molar-refractivity contribution in [2.75, 3.05) is 0 Å². The maximum atomic E-state index is 13.7. The molecular weight excluding hydrogens is 304 g/mol. The molecule has 2 saturated carbocycles. The molecule has 4 heteroatoms. The number of carbonyl (C=O) groups excluding carboxylic acids is 1. The first-order chi connectivity index (χ1) is 11.0. The molecule has 3 unspecified atom stereocenters. The van der Waals surface area contributed by atoms with Crippen LogP contribution in [0.1, 0.15) is 41.0 Å². The summed E-state index contributed by atoms with van der Waals surface area (Å²) < 4.78 is 0. The third kappa shape index (κ3) is 1.50. The molecule has 0 aliphatic heterocycles. The number of fused-ring (bicyclic) bond motifs is 3. The predicted octanol–water partition coefficient (Wildman–Crippen LogP) is 1.84. The smallest absolute Gasteiger partial charge is 0.153 e. The second kappa shape index (κ2) is 4.40. The summed E-state index contributed by atoms with van der Waals surface area (Å²) in [5.74, 6) is 0.240. The molecule has 0 heterocycles. The zero-order chi connectivity index (χ0) is 17.8. The van der Waals surface area contributed by atoms with Crippen molar-refractivity contribution in [3.05, 3.63) is 23.3 Å². The maximum Gasteiger partial charge on any atom is 0.153 e. The van der Waals surface area contributed by atoms with Crippen LogP contribution in [0.3, 0.4) is 0 Å². The fourth-order valence-electron chi connectivity index (χ4n) is 6.41. The molecule has 0 amide bonds. The molecular formula is C20H28O4. The first-order valence-electron chi connectivity index (χ1n) is 9.01. The molecule has 0 radical (unpaired) electrons. The lowest BCUT2D eigenvalue weighted by Crippen LogP contribution is -2.64. The van der Waals surface area contributed by atoms with Crippen LogP contribution in [0.2, 0.25) is 0 Å². The average Bonchev–Trinajstić information content (AvgIpc) is 3.01. The van der Waals surface area contributed by atoms with Crippen LogP contribution < -0.4 is 0 Å². The Morgan fingerprint density at radius 1 is 1.12 bits per heavy atom. The third-order valence-corrected chi connectivity index (χ3v) is 7.88. The van der Waals surface area contributed by atoms with E-state index in [0.717, 1.165) is 6.42 Å². The van der Waals surface area contributed by atoms with Crippen molar-refractivity contribution in [2.45, 2.75) is 58.8 Å². The number of Topliss-reactive ketones (excluding diaryl/α,β-unsaturated/α-hetero) is 1. The fraction of sp³-hybridized carbons (Fsp3) is 0.750. The summed E-state index contributed by atoms with van der Waals surface area (Å²) in [5, 5.41) is 33.2. The molecule has 4 nitrogen and oxygen atoms in total. The van der Waals surface area contributed by atoms with E-state index in [0.29, 0.717) is 17.1 Å². The average molecular weight is 332 g/mol. The Bertz CT molecular complexity index is 690. The lowest BCUT2D eigenvalue weighted by atomic mass is 9.59. The molecule has 8 atom stereocenters. The topological polar surface area (TPSA) is 77.8 Å². The molecule has 2 bridgehead atoms. The van der Waals surface area contributed by atoms with E-state index in [4.69, 9.17) is 0 Å². The fourth-order valence-corrected chi connectivity index (χ4v) is 6.41. The number of ketones is 1. The summed E-state index contributed by atoms with van der Waals surface area (Å²) in [6.07, 6.45) is 2.01. The van der Waals surface area contributed by atoms with Gasteiger partial charge < -0.3 is 15.3 Å². The first-order valence-corrected chi connectivity index (χ1v) is 9.01. The van der Waals surface area contributed by atoms with Gasteiger partial charge in [0.15, 0.2) is 5.78 Å². The molecule has 3 N–H and O–H groups in total. The zero-order valence-corrected chi connectivity index (χ0v) is 15.1. The standard InChI is InChI=1S/C20H28O4/c1-9-6-12-14-13(18(14,4)5)7-11(3)19(17(12)23)8-10(2)16(22)20(19,24)15(9)21/h6,8,11-16,21-22,24H,7H2,1-5H3/t11-,12+,13-,14?,15?,16?,19+,20+/m1/s1. The summed E-state index contributed by atoms with van der Waals surface area (Å²) in [6, 6.07) is 0. The molecule has 4 rings (SSSR count). The number of allylic oxidation sites excluding steroid dienone is 1. The highest BCUT2D eigenvalue weighted by atomic mass is 16.4. The van der Waals surface area contributed by atoms with E-state index in [9.17, 15) is 20.1 Å². The summed E-state index contributed by atoms with van der Waals surface area (Å²) >= 11 is 0. The largest absolute Gasteiger partial charge is 0.386 e. The van der Waals surface area contributed by atoms with Gasteiger partial charge >= 0.3 is 0 Å². The third-order valence-electron chi connectivity index (χ3n) is 7.88. The van der Waals surface area contributed by atoms with Crippen LogP contribution in [0.25, 0.3) is 0 Å². The van der Waals surface area contributed by atoms with Gasteiger partial charge in [-0.3, -0.25) is 4.79 Å². The number of aliphatic hydroxyl groups excluding tert-OH is 2. The van der Waals surface area contributed by atoms with E-state index < -0.39 is 23.2 Å². The van der Waals surface area contributed by atoms with Crippen LogP contribution in [0.4, 0.5) is 0 Å². The molecule has 4 aliphatic carbocycles. The van der Waals surface area contributed by atoms with Crippen molar-refractivity contribution in [1.82, 2.24) is 0 Å². The highest BCUT2D eigenvalue weighted by Crippen LogP contribution is 2.71. The molecule has 4 aliphatic rings. The van der Waals surface area contributed by atoms with E-state index in [1.807, 2.05) is 13.0 Å². The van der Waals surface area contributed by atoms with Gasteiger partial charge in [-0.15, -0.1) is 0 Å². The van der Waals surface area contributed by atoms with Gasteiger partial charge in [0, 0.05) is 5.92 Å². The summed E-state index contributed by atoms with van der Waals surface area (Å²) in [4.78, 5) is 13.7. The Hall–Kier alpha value is -0.970. The Morgan fingerprint density at radius 3 is 2.33 bits per heavy atom. The lowest BCUT2D eigenvalue weighted by Gasteiger charge is -2.48.